The zero-order valence-electron chi connectivity index (χ0n) is 53.2. The molecule has 1 atom stereocenters. The lowest BCUT2D eigenvalue weighted by molar-refractivity contribution is -0.167. The van der Waals surface area contributed by atoms with Crippen LogP contribution in [0.4, 0.5) is 0 Å². The second kappa shape index (κ2) is 67.9. The van der Waals surface area contributed by atoms with Gasteiger partial charge < -0.3 is 14.2 Å². The molecule has 0 aliphatic carbocycles. The molecule has 0 fully saturated rings. The smallest absolute Gasteiger partial charge is 0.306 e. The zero-order chi connectivity index (χ0) is 57.1. The Balaban J connectivity index is 4.00. The van der Waals surface area contributed by atoms with Crippen molar-refractivity contribution in [3.63, 3.8) is 0 Å². The van der Waals surface area contributed by atoms with Crippen molar-refractivity contribution in [1.29, 1.82) is 0 Å². The summed E-state index contributed by atoms with van der Waals surface area (Å²) in [5.41, 5.74) is 0. The Labute approximate surface area is 492 Å². The number of esters is 3. The molecular weight excluding hydrogens is 973 g/mol. The molecule has 0 amide bonds. The average molecular weight is 1110 g/mol. The van der Waals surface area contributed by atoms with Crippen LogP contribution < -0.4 is 0 Å². The van der Waals surface area contributed by atoms with E-state index >= 15 is 0 Å². The van der Waals surface area contributed by atoms with Crippen LogP contribution in [0.2, 0.25) is 0 Å². The van der Waals surface area contributed by atoms with Gasteiger partial charge in [-0.25, -0.2) is 0 Å². The minimum Gasteiger partial charge on any atom is -0.462 e. The molecule has 462 valence electrons. The van der Waals surface area contributed by atoms with Crippen molar-refractivity contribution < 1.29 is 28.6 Å². The van der Waals surface area contributed by atoms with Crippen molar-refractivity contribution in [1.82, 2.24) is 0 Å². The molecule has 0 rings (SSSR count). The fourth-order valence-electron chi connectivity index (χ4n) is 10.6. The molecule has 0 heterocycles. The van der Waals surface area contributed by atoms with Gasteiger partial charge in [0.25, 0.3) is 0 Å². The minimum atomic E-state index is -0.772. The van der Waals surface area contributed by atoms with E-state index in [4.69, 9.17) is 14.2 Å². The van der Waals surface area contributed by atoms with Crippen molar-refractivity contribution in [2.45, 2.75) is 386 Å². The quantitative estimate of drug-likeness (QED) is 0.0261. The Morgan fingerprint density at radius 1 is 0.266 bits per heavy atom. The molecule has 0 spiro atoms. The van der Waals surface area contributed by atoms with Crippen LogP contribution in [-0.4, -0.2) is 37.2 Å². The fraction of sp³-hybridized carbons (Fsp3) is 0.849. The van der Waals surface area contributed by atoms with Gasteiger partial charge in [0.05, 0.1) is 0 Å². The molecule has 0 aliphatic rings. The van der Waals surface area contributed by atoms with E-state index in [1.54, 1.807) is 0 Å². The van der Waals surface area contributed by atoms with Gasteiger partial charge in [0.2, 0.25) is 0 Å². The summed E-state index contributed by atoms with van der Waals surface area (Å²) < 4.78 is 16.9. The lowest BCUT2D eigenvalue weighted by Gasteiger charge is -2.18. The van der Waals surface area contributed by atoms with Gasteiger partial charge in [0.15, 0.2) is 6.10 Å². The number of hydrogen-bond acceptors (Lipinski definition) is 6. The van der Waals surface area contributed by atoms with Crippen LogP contribution in [0.1, 0.15) is 380 Å². The molecule has 0 aromatic heterocycles. The summed E-state index contributed by atoms with van der Waals surface area (Å²) in [4.78, 5) is 38.2. The number of hydrogen-bond donors (Lipinski definition) is 0. The van der Waals surface area contributed by atoms with Crippen LogP contribution in [0, 0.1) is 0 Å². The van der Waals surface area contributed by atoms with Crippen molar-refractivity contribution in [2.24, 2.45) is 0 Å². The number of carbonyl (C=O) groups excluding carboxylic acids is 3. The summed E-state index contributed by atoms with van der Waals surface area (Å²) in [5, 5.41) is 0. The third-order valence-electron chi connectivity index (χ3n) is 15.8. The van der Waals surface area contributed by atoms with Gasteiger partial charge in [0.1, 0.15) is 13.2 Å². The Bertz CT molecular complexity index is 1360. The standard InChI is InChI=1S/C73H134O6/c1-4-7-10-13-16-18-20-22-24-26-28-30-32-33-34-35-36-37-38-39-41-42-44-46-48-50-52-54-57-60-63-66-72(75)78-69-70(68-77-71(74)65-62-59-56-15-12-9-6-3)79-73(76)67-64-61-58-55-53-51-49-47-45-43-40-31-29-27-25-23-21-19-17-14-11-8-5-2/h8,11,17,19,23,25,29,31,70H,4-7,9-10,12-16,18,20-22,24,26-28,30,32-69H2,1-3H3/b11-8-,19-17-,25-23-,31-29-. The Morgan fingerprint density at radius 3 is 0.772 bits per heavy atom. The number of allylic oxidation sites excluding steroid dienone is 8. The lowest BCUT2D eigenvalue weighted by atomic mass is 10.0. The summed E-state index contributed by atoms with van der Waals surface area (Å²) in [6, 6.07) is 0. The zero-order valence-corrected chi connectivity index (χ0v) is 53.2. The highest BCUT2D eigenvalue weighted by molar-refractivity contribution is 5.71. The molecule has 0 aromatic rings. The van der Waals surface area contributed by atoms with Gasteiger partial charge in [-0.05, 0) is 57.8 Å². The summed E-state index contributed by atoms with van der Waals surface area (Å²) in [5.74, 6) is -0.859. The van der Waals surface area contributed by atoms with Gasteiger partial charge in [-0.15, -0.1) is 0 Å². The first-order valence-electron chi connectivity index (χ1n) is 35.1. The largest absolute Gasteiger partial charge is 0.462 e. The highest BCUT2D eigenvalue weighted by atomic mass is 16.6. The maximum Gasteiger partial charge on any atom is 0.306 e. The first-order chi connectivity index (χ1) is 39.0. The van der Waals surface area contributed by atoms with Gasteiger partial charge in [0, 0.05) is 19.3 Å². The topological polar surface area (TPSA) is 78.9 Å². The molecule has 0 saturated heterocycles. The normalized spacial score (nSPS) is 12.3. The minimum absolute atomic E-state index is 0.0701. The second-order valence-electron chi connectivity index (χ2n) is 23.8. The first-order valence-corrected chi connectivity index (χ1v) is 35.1. The van der Waals surface area contributed by atoms with Crippen LogP contribution in [0.3, 0.4) is 0 Å². The molecule has 6 nitrogen and oxygen atoms in total. The molecule has 0 aliphatic heterocycles. The van der Waals surface area contributed by atoms with Crippen LogP contribution in [0.15, 0.2) is 48.6 Å². The Hall–Kier alpha value is -2.63. The van der Waals surface area contributed by atoms with E-state index in [-0.39, 0.29) is 31.1 Å². The van der Waals surface area contributed by atoms with E-state index in [9.17, 15) is 14.4 Å². The second-order valence-corrected chi connectivity index (χ2v) is 23.8. The first kappa shape index (κ1) is 76.4. The molecule has 0 radical (unpaired) electrons. The van der Waals surface area contributed by atoms with E-state index in [1.807, 2.05) is 0 Å². The number of ether oxygens (including phenoxy) is 3. The average Bonchev–Trinajstić information content (AvgIpc) is 3.45. The van der Waals surface area contributed by atoms with Gasteiger partial charge in [-0.3, -0.25) is 14.4 Å². The molecular formula is C73H134O6. The highest BCUT2D eigenvalue weighted by Crippen LogP contribution is 2.19. The van der Waals surface area contributed by atoms with Crippen LogP contribution in [0.25, 0.3) is 0 Å². The van der Waals surface area contributed by atoms with Crippen LogP contribution in [0.5, 0.6) is 0 Å². The van der Waals surface area contributed by atoms with Crippen molar-refractivity contribution >= 4 is 17.9 Å². The number of unbranched alkanes of at least 4 members (excludes halogenated alkanes) is 46. The summed E-state index contributed by atoms with van der Waals surface area (Å²) >= 11 is 0. The number of rotatable bonds is 65. The SMILES string of the molecule is CC/C=C\C/C=C\C/C=C\C/C=C\CCCCCCCCCCCCC(=O)OC(COC(=O)CCCCCCCCC)COC(=O)CCCCCCCCCCCCCCCCCCCCCCCCCCCCCCCCC. The van der Waals surface area contributed by atoms with Crippen molar-refractivity contribution in [3.8, 4) is 0 Å². The van der Waals surface area contributed by atoms with Crippen molar-refractivity contribution in [2.75, 3.05) is 13.2 Å². The molecule has 0 saturated carbocycles. The molecule has 0 N–H and O–H groups in total. The molecule has 1 unspecified atom stereocenters. The number of carbonyl (C=O) groups is 3. The summed E-state index contributed by atoms with van der Waals surface area (Å²) in [6.45, 7) is 6.54. The fourth-order valence-corrected chi connectivity index (χ4v) is 10.6. The van der Waals surface area contributed by atoms with E-state index in [0.29, 0.717) is 19.3 Å². The van der Waals surface area contributed by atoms with Gasteiger partial charge in [-0.1, -0.05) is 352 Å². The van der Waals surface area contributed by atoms with Gasteiger partial charge in [-0.2, -0.15) is 0 Å². The Morgan fingerprint density at radius 2 is 0.494 bits per heavy atom. The monoisotopic (exact) mass is 1110 g/mol. The molecule has 0 aromatic carbocycles. The van der Waals surface area contributed by atoms with Crippen molar-refractivity contribution in [3.05, 3.63) is 48.6 Å². The van der Waals surface area contributed by atoms with Gasteiger partial charge >= 0.3 is 17.9 Å². The van der Waals surface area contributed by atoms with E-state index < -0.39 is 6.10 Å². The maximum atomic E-state index is 12.9. The maximum absolute atomic E-state index is 12.9. The highest BCUT2D eigenvalue weighted by Gasteiger charge is 2.19. The predicted octanol–water partition coefficient (Wildman–Crippen LogP) is 24.1. The Kier molecular flexibility index (Phi) is 65.6. The van der Waals surface area contributed by atoms with E-state index in [1.165, 1.54) is 257 Å². The van der Waals surface area contributed by atoms with Crippen LogP contribution in [-0.2, 0) is 28.6 Å². The van der Waals surface area contributed by atoms with E-state index in [2.05, 4.69) is 69.4 Å². The third-order valence-corrected chi connectivity index (χ3v) is 15.8. The molecule has 6 heteroatoms. The predicted molar refractivity (Wildman–Crippen MR) is 344 cm³/mol. The summed E-state index contributed by atoms with van der Waals surface area (Å²) in [7, 11) is 0. The van der Waals surface area contributed by atoms with Crippen LogP contribution >= 0.6 is 0 Å². The third kappa shape index (κ3) is 66.1. The molecule has 0 bridgehead atoms. The lowest BCUT2D eigenvalue weighted by Crippen LogP contribution is -2.30. The molecule has 79 heavy (non-hydrogen) atoms. The van der Waals surface area contributed by atoms with E-state index in [0.717, 1.165) is 83.5 Å². The summed E-state index contributed by atoms with van der Waals surface area (Å²) in [6.07, 6.45) is 86.1.